The highest BCUT2D eigenvalue weighted by molar-refractivity contribution is 5.83. The van der Waals surface area contributed by atoms with E-state index in [1.807, 2.05) is 24.0 Å². The minimum Gasteiger partial charge on any atom is -0.338 e. The van der Waals surface area contributed by atoms with E-state index < -0.39 is 0 Å². The van der Waals surface area contributed by atoms with Crippen LogP contribution in [-0.2, 0) is 11.3 Å². The predicted octanol–water partition coefficient (Wildman–Crippen LogP) is 2.59. The molecule has 0 radical (unpaired) electrons. The Morgan fingerprint density at radius 1 is 1.38 bits per heavy atom. The molecule has 2 rings (SSSR count). The van der Waals surface area contributed by atoms with E-state index in [1.165, 1.54) is 0 Å². The first-order chi connectivity index (χ1) is 10.1. The van der Waals surface area contributed by atoms with Gasteiger partial charge in [-0.2, -0.15) is 0 Å². The lowest BCUT2D eigenvalue weighted by molar-refractivity contribution is -0.144. The molecule has 1 aliphatic rings. The highest BCUT2D eigenvalue weighted by Gasteiger charge is 2.41. The van der Waals surface area contributed by atoms with Gasteiger partial charge in [-0.25, -0.2) is 0 Å². The molecule has 0 aliphatic heterocycles. The zero-order valence-corrected chi connectivity index (χ0v) is 13.2. The molecule has 0 aromatic carbocycles. The third-order valence-electron chi connectivity index (χ3n) is 4.87. The molecule has 0 spiro atoms. The quantitative estimate of drug-likeness (QED) is 0.906. The van der Waals surface area contributed by atoms with Crippen molar-refractivity contribution < 1.29 is 4.79 Å². The number of rotatable bonds is 5. The van der Waals surface area contributed by atoms with E-state index in [4.69, 9.17) is 5.73 Å². The lowest BCUT2D eigenvalue weighted by Crippen LogP contribution is -2.49. The van der Waals surface area contributed by atoms with Crippen LogP contribution in [0.2, 0.25) is 0 Å². The van der Waals surface area contributed by atoms with Crippen LogP contribution >= 0.6 is 0 Å². The molecule has 0 bridgehead atoms. The summed E-state index contributed by atoms with van der Waals surface area (Å²) in [5, 5.41) is 0. The van der Waals surface area contributed by atoms with E-state index in [0.717, 1.165) is 37.8 Å². The van der Waals surface area contributed by atoms with Gasteiger partial charge in [0.05, 0.1) is 5.41 Å². The van der Waals surface area contributed by atoms with Crippen molar-refractivity contribution >= 4 is 5.91 Å². The van der Waals surface area contributed by atoms with Gasteiger partial charge in [-0.3, -0.25) is 9.78 Å². The fourth-order valence-electron chi connectivity index (χ4n) is 3.19. The summed E-state index contributed by atoms with van der Waals surface area (Å²) in [4.78, 5) is 19.0. The predicted molar refractivity (Wildman–Crippen MR) is 84.4 cm³/mol. The van der Waals surface area contributed by atoms with Crippen LogP contribution in [0.4, 0.5) is 0 Å². The second-order valence-corrected chi connectivity index (χ2v) is 6.34. The summed E-state index contributed by atoms with van der Waals surface area (Å²) in [6.07, 6.45) is 7.61. The van der Waals surface area contributed by atoms with Gasteiger partial charge < -0.3 is 10.6 Å². The smallest absolute Gasteiger partial charge is 0.230 e. The van der Waals surface area contributed by atoms with E-state index in [2.05, 4.69) is 11.9 Å². The lowest BCUT2D eigenvalue weighted by Gasteiger charge is -2.40. The van der Waals surface area contributed by atoms with Crippen LogP contribution in [0.1, 0.15) is 45.1 Å². The topological polar surface area (TPSA) is 59.2 Å². The van der Waals surface area contributed by atoms with Gasteiger partial charge in [0.25, 0.3) is 0 Å². The van der Waals surface area contributed by atoms with Gasteiger partial charge in [-0.15, -0.1) is 0 Å². The summed E-state index contributed by atoms with van der Waals surface area (Å²) in [5.74, 6) is 0.948. The van der Waals surface area contributed by atoms with Crippen molar-refractivity contribution in [3.63, 3.8) is 0 Å². The highest BCUT2D eigenvalue weighted by atomic mass is 16.2. The number of carbonyl (C=O) groups excluding carboxylic acids is 1. The molecule has 0 saturated heterocycles. The van der Waals surface area contributed by atoms with E-state index >= 15 is 0 Å². The summed E-state index contributed by atoms with van der Waals surface area (Å²) in [6.45, 7) is 6.13. The largest absolute Gasteiger partial charge is 0.338 e. The molecular weight excluding hydrogens is 262 g/mol. The maximum Gasteiger partial charge on any atom is 0.230 e. The van der Waals surface area contributed by atoms with Crippen molar-refractivity contribution in [2.24, 2.45) is 17.1 Å². The van der Waals surface area contributed by atoms with Crippen molar-refractivity contribution in [2.75, 3.05) is 13.1 Å². The second-order valence-electron chi connectivity index (χ2n) is 6.34. The molecule has 1 aliphatic carbocycles. The zero-order valence-electron chi connectivity index (χ0n) is 13.2. The van der Waals surface area contributed by atoms with E-state index in [9.17, 15) is 4.79 Å². The Morgan fingerprint density at radius 2 is 2.00 bits per heavy atom. The molecule has 21 heavy (non-hydrogen) atoms. The minimum absolute atomic E-state index is 0.233. The van der Waals surface area contributed by atoms with E-state index in [0.29, 0.717) is 19.0 Å². The number of nitrogens with two attached hydrogens (primary N) is 1. The normalized spacial score (nSPS) is 25.6. The maximum absolute atomic E-state index is 13.0. The second kappa shape index (κ2) is 7.03. The van der Waals surface area contributed by atoms with Crippen molar-refractivity contribution in [3.8, 4) is 0 Å². The van der Waals surface area contributed by atoms with Gasteiger partial charge in [-0.1, -0.05) is 6.92 Å². The molecule has 1 amide bonds. The van der Waals surface area contributed by atoms with Crippen LogP contribution in [0.5, 0.6) is 0 Å². The van der Waals surface area contributed by atoms with Gasteiger partial charge in [0.2, 0.25) is 5.91 Å². The van der Waals surface area contributed by atoms with Gasteiger partial charge in [0, 0.05) is 32.0 Å². The molecule has 0 atom stereocenters. The Balaban J connectivity index is 2.11. The average Bonchev–Trinajstić information content (AvgIpc) is 2.54. The molecule has 1 aromatic heterocycles. The monoisotopic (exact) mass is 289 g/mol. The first kappa shape index (κ1) is 16.0. The lowest BCUT2D eigenvalue weighted by atomic mass is 9.70. The number of carbonyl (C=O) groups is 1. The fraction of sp³-hybridized carbons (Fsp3) is 0.647. The van der Waals surface area contributed by atoms with Crippen LogP contribution in [0.25, 0.3) is 0 Å². The Kier molecular flexibility index (Phi) is 5.34. The molecule has 2 N–H and O–H groups in total. The molecule has 4 nitrogen and oxygen atoms in total. The summed E-state index contributed by atoms with van der Waals surface area (Å²) in [5.41, 5.74) is 6.80. The van der Waals surface area contributed by atoms with Gasteiger partial charge in [0.1, 0.15) is 0 Å². The Hall–Kier alpha value is -1.42. The van der Waals surface area contributed by atoms with E-state index in [-0.39, 0.29) is 11.3 Å². The summed E-state index contributed by atoms with van der Waals surface area (Å²) in [7, 11) is 0. The zero-order chi connectivity index (χ0) is 15.3. The number of hydrogen-bond donors (Lipinski definition) is 1. The molecule has 1 fully saturated rings. The Morgan fingerprint density at radius 3 is 2.52 bits per heavy atom. The third kappa shape index (κ3) is 3.62. The van der Waals surface area contributed by atoms with Crippen LogP contribution < -0.4 is 5.73 Å². The van der Waals surface area contributed by atoms with Crippen molar-refractivity contribution in [1.29, 1.82) is 0 Å². The molecule has 4 heteroatoms. The molecule has 1 saturated carbocycles. The maximum atomic E-state index is 13.0. The number of hydrogen-bond acceptors (Lipinski definition) is 3. The molecule has 1 aromatic rings. The molecule has 1 heterocycles. The van der Waals surface area contributed by atoms with Crippen LogP contribution in [0, 0.1) is 11.3 Å². The third-order valence-corrected chi connectivity index (χ3v) is 4.87. The first-order valence-corrected chi connectivity index (χ1v) is 7.99. The number of aromatic nitrogens is 1. The first-order valence-electron chi connectivity index (χ1n) is 7.99. The van der Waals surface area contributed by atoms with Gasteiger partial charge in [-0.05, 0) is 56.2 Å². The van der Waals surface area contributed by atoms with Crippen molar-refractivity contribution in [2.45, 2.75) is 46.1 Å². The van der Waals surface area contributed by atoms with Crippen LogP contribution in [-0.4, -0.2) is 28.9 Å². The van der Waals surface area contributed by atoms with Crippen LogP contribution in [0.15, 0.2) is 24.5 Å². The highest BCUT2D eigenvalue weighted by Crippen LogP contribution is 2.39. The summed E-state index contributed by atoms with van der Waals surface area (Å²) in [6, 6.07) is 3.93. The Labute approximate surface area is 127 Å². The molecule has 116 valence electrons. The number of amides is 1. The van der Waals surface area contributed by atoms with Crippen LogP contribution in [0.3, 0.4) is 0 Å². The SMILES string of the molecule is CCN(Cc1ccncc1)C(=O)C1(CN)CCC(C)CC1. The average molecular weight is 289 g/mol. The van der Waals surface area contributed by atoms with E-state index in [1.54, 1.807) is 12.4 Å². The standard InChI is InChI=1S/C17H27N3O/c1-3-20(12-15-6-10-19-11-7-15)16(21)17(13-18)8-4-14(2)5-9-17/h6-7,10-11,14H,3-5,8-9,12-13,18H2,1-2H3. The molecule has 0 unspecified atom stereocenters. The minimum atomic E-state index is -0.338. The Bertz CT molecular complexity index is 452. The fourth-order valence-corrected chi connectivity index (χ4v) is 3.19. The summed E-state index contributed by atoms with van der Waals surface area (Å²) >= 11 is 0. The molecular formula is C17H27N3O. The van der Waals surface area contributed by atoms with Gasteiger partial charge in [0.15, 0.2) is 0 Å². The van der Waals surface area contributed by atoms with Crippen molar-refractivity contribution in [3.05, 3.63) is 30.1 Å². The number of nitrogens with zero attached hydrogens (tertiary/aromatic N) is 2. The summed E-state index contributed by atoms with van der Waals surface area (Å²) < 4.78 is 0. The van der Waals surface area contributed by atoms with Crippen molar-refractivity contribution in [1.82, 2.24) is 9.88 Å². The number of pyridine rings is 1. The van der Waals surface area contributed by atoms with Gasteiger partial charge >= 0.3 is 0 Å².